The number of aryl methyl sites for hydroxylation is 2. The fourth-order valence-electron chi connectivity index (χ4n) is 3.55. The van der Waals surface area contributed by atoms with Crippen molar-refractivity contribution in [3.63, 3.8) is 0 Å². The fourth-order valence-corrected chi connectivity index (χ4v) is 4.65. The average molecular weight is 408 g/mol. The first kappa shape index (κ1) is 19.5. The third kappa shape index (κ3) is 4.00. The van der Waals surface area contributed by atoms with Crippen molar-refractivity contribution >= 4 is 23.4 Å². The zero-order valence-electron chi connectivity index (χ0n) is 16.6. The van der Waals surface area contributed by atoms with Gasteiger partial charge < -0.3 is 10.7 Å². The topological polar surface area (TPSA) is 71.8 Å². The van der Waals surface area contributed by atoms with E-state index in [1.54, 1.807) is 0 Å². The van der Waals surface area contributed by atoms with Gasteiger partial charge in [0.25, 0.3) is 0 Å². The molecule has 2 N–H and O–H groups in total. The molecular formula is C22H25N5OS. The summed E-state index contributed by atoms with van der Waals surface area (Å²) >= 11 is 1.46. The maximum Gasteiger partial charge on any atom is 0.240 e. The normalized spacial score (nSPS) is 18.0. The molecule has 2 heterocycles. The maximum absolute atomic E-state index is 13.3. The van der Waals surface area contributed by atoms with E-state index in [4.69, 9.17) is 0 Å². The molecule has 1 aromatic heterocycles. The number of anilines is 1. The van der Waals surface area contributed by atoms with Crippen molar-refractivity contribution in [3.05, 3.63) is 71.5 Å². The minimum Gasteiger partial charge on any atom is -0.325 e. The third-order valence-electron chi connectivity index (χ3n) is 5.05. The number of thioether (sulfide) groups is 1. The summed E-state index contributed by atoms with van der Waals surface area (Å²) in [5.74, 6) is 0.856. The first-order chi connectivity index (χ1) is 14.2. The Morgan fingerprint density at radius 1 is 1.10 bits per heavy atom. The molecule has 3 aromatic rings. The molecule has 0 unspecified atom stereocenters. The van der Waals surface area contributed by atoms with Crippen molar-refractivity contribution in [1.82, 2.24) is 14.9 Å². The second-order valence-corrected chi connectivity index (χ2v) is 8.15. The van der Waals surface area contributed by atoms with Gasteiger partial charge in [0.05, 0.1) is 6.04 Å². The van der Waals surface area contributed by atoms with E-state index in [1.165, 1.54) is 11.8 Å². The van der Waals surface area contributed by atoms with Crippen LogP contribution in [0.2, 0.25) is 0 Å². The lowest BCUT2D eigenvalue weighted by Crippen LogP contribution is -2.41. The van der Waals surface area contributed by atoms with Gasteiger partial charge in [0.2, 0.25) is 11.1 Å². The number of amides is 1. The Kier molecular flexibility index (Phi) is 5.85. The van der Waals surface area contributed by atoms with Gasteiger partial charge in [-0.05, 0) is 30.0 Å². The summed E-state index contributed by atoms with van der Waals surface area (Å²) in [4.78, 5) is 13.3. The van der Waals surface area contributed by atoms with Gasteiger partial charge >= 0.3 is 0 Å². The van der Waals surface area contributed by atoms with E-state index < -0.39 is 0 Å². The van der Waals surface area contributed by atoms with E-state index in [9.17, 15) is 4.79 Å². The number of rotatable bonds is 6. The number of nitrogens with zero attached hydrogens (tertiary/aromatic N) is 3. The molecule has 0 radical (unpaired) electrons. The van der Waals surface area contributed by atoms with Gasteiger partial charge in [-0.2, -0.15) is 0 Å². The third-order valence-corrected chi connectivity index (χ3v) is 6.27. The van der Waals surface area contributed by atoms with Gasteiger partial charge in [-0.1, -0.05) is 74.1 Å². The van der Waals surface area contributed by atoms with E-state index >= 15 is 0 Å². The maximum atomic E-state index is 13.3. The minimum atomic E-state index is -0.367. The van der Waals surface area contributed by atoms with Crippen LogP contribution in [0.1, 0.15) is 43.3 Å². The zero-order valence-corrected chi connectivity index (χ0v) is 17.4. The van der Waals surface area contributed by atoms with Gasteiger partial charge in [0, 0.05) is 12.1 Å². The summed E-state index contributed by atoms with van der Waals surface area (Å²) < 4.78 is 1.94. The molecule has 4 rings (SSSR count). The molecule has 0 bridgehead atoms. The zero-order chi connectivity index (χ0) is 20.2. The highest BCUT2D eigenvalue weighted by atomic mass is 32.2. The first-order valence-electron chi connectivity index (χ1n) is 10.0. The van der Waals surface area contributed by atoms with Crippen molar-refractivity contribution in [2.75, 3.05) is 10.7 Å². The Morgan fingerprint density at radius 3 is 2.62 bits per heavy atom. The lowest BCUT2D eigenvalue weighted by Gasteiger charge is -2.33. The SMILES string of the molecule is CCCc1nnc2n1N[C@H](c1ccccc1)[C@@H](C(=O)Nc1ccccc1CC)S2. The average Bonchev–Trinajstić information content (AvgIpc) is 3.16. The molecule has 1 aliphatic heterocycles. The molecule has 2 aromatic carbocycles. The molecule has 2 atom stereocenters. The van der Waals surface area contributed by atoms with E-state index in [-0.39, 0.29) is 17.2 Å². The summed E-state index contributed by atoms with van der Waals surface area (Å²) in [6.45, 7) is 4.21. The van der Waals surface area contributed by atoms with Crippen LogP contribution in [-0.2, 0) is 17.6 Å². The Hall–Kier alpha value is -2.80. The van der Waals surface area contributed by atoms with Gasteiger partial charge in [0.1, 0.15) is 5.25 Å². The molecule has 0 saturated heterocycles. The number of hydrogen-bond acceptors (Lipinski definition) is 5. The van der Waals surface area contributed by atoms with E-state index in [0.29, 0.717) is 0 Å². The fraction of sp³-hybridized carbons (Fsp3) is 0.318. The van der Waals surface area contributed by atoms with Gasteiger partial charge in [0.15, 0.2) is 5.82 Å². The molecule has 0 aliphatic carbocycles. The van der Waals surface area contributed by atoms with Crippen LogP contribution in [0.25, 0.3) is 0 Å². The van der Waals surface area contributed by atoms with Crippen molar-refractivity contribution in [2.24, 2.45) is 0 Å². The van der Waals surface area contributed by atoms with Crippen LogP contribution >= 0.6 is 11.8 Å². The Balaban J connectivity index is 1.66. The summed E-state index contributed by atoms with van der Waals surface area (Å²) in [7, 11) is 0. The second-order valence-electron chi connectivity index (χ2n) is 7.04. The number of fused-ring (bicyclic) bond motifs is 1. The van der Waals surface area contributed by atoms with Crippen molar-refractivity contribution in [3.8, 4) is 0 Å². The number of para-hydroxylation sites is 1. The van der Waals surface area contributed by atoms with Crippen LogP contribution in [-0.4, -0.2) is 26.0 Å². The van der Waals surface area contributed by atoms with Crippen LogP contribution in [0.5, 0.6) is 0 Å². The van der Waals surface area contributed by atoms with E-state index in [1.807, 2.05) is 59.3 Å². The van der Waals surface area contributed by atoms with Gasteiger partial charge in [-0.3, -0.25) is 4.79 Å². The first-order valence-corrected chi connectivity index (χ1v) is 10.9. The molecule has 0 spiro atoms. The molecule has 0 fully saturated rings. The standard InChI is InChI=1S/C22H25N5OS/c1-3-10-18-24-25-22-27(18)26-19(16-12-6-5-7-13-16)20(29-22)21(28)23-17-14-9-8-11-15(17)4-2/h5-9,11-14,19-20,26H,3-4,10H2,1-2H3,(H,23,28)/t19-,20+/m1/s1. The highest BCUT2D eigenvalue weighted by molar-refractivity contribution is 8.00. The van der Waals surface area contributed by atoms with Gasteiger partial charge in [-0.15, -0.1) is 10.2 Å². The van der Waals surface area contributed by atoms with Crippen LogP contribution in [0.4, 0.5) is 5.69 Å². The lowest BCUT2D eigenvalue weighted by atomic mass is 10.0. The molecule has 7 heteroatoms. The van der Waals surface area contributed by atoms with Gasteiger partial charge in [-0.25, -0.2) is 4.68 Å². The molecule has 6 nitrogen and oxygen atoms in total. The number of carbonyl (C=O) groups excluding carboxylic acids is 1. The van der Waals surface area contributed by atoms with Crippen LogP contribution in [0.3, 0.4) is 0 Å². The predicted molar refractivity (Wildman–Crippen MR) is 117 cm³/mol. The second kappa shape index (κ2) is 8.69. The van der Waals surface area contributed by atoms with Crippen LogP contribution < -0.4 is 10.7 Å². The quantitative estimate of drug-likeness (QED) is 0.641. The number of hydrogen-bond donors (Lipinski definition) is 2. The summed E-state index contributed by atoms with van der Waals surface area (Å²) in [5.41, 5.74) is 6.55. The van der Waals surface area contributed by atoms with Crippen molar-refractivity contribution in [2.45, 2.75) is 49.6 Å². The van der Waals surface area contributed by atoms with Crippen molar-refractivity contribution in [1.29, 1.82) is 0 Å². The smallest absolute Gasteiger partial charge is 0.240 e. The number of aromatic nitrogens is 3. The lowest BCUT2D eigenvalue weighted by molar-refractivity contribution is -0.116. The number of carbonyl (C=O) groups is 1. The largest absolute Gasteiger partial charge is 0.325 e. The molecule has 1 amide bonds. The Bertz CT molecular complexity index is 988. The monoisotopic (exact) mass is 407 g/mol. The minimum absolute atomic E-state index is 0.0384. The van der Waals surface area contributed by atoms with E-state index in [0.717, 1.165) is 47.1 Å². The van der Waals surface area contributed by atoms with E-state index in [2.05, 4.69) is 34.8 Å². The summed E-state index contributed by atoms with van der Waals surface area (Å²) in [5, 5.41) is 12.1. The molecule has 1 aliphatic rings. The molecular weight excluding hydrogens is 382 g/mol. The highest BCUT2D eigenvalue weighted by Crippen LogP contribution is 2.37. The Morgan fingerprint density at radius 2 is 1.86 bits per heavy atom. The number of nitrogens with one attached hydrogen (secondary N) is 2. The van der Waals surface area contributed by atoms with Crippen molar-refractivity contribution < 1.29 is 4.79 Å². The number of benzene rings is 2. The molecule has 150 valence electrons. The highest BCUT2D eigenvalue weighted by Gasteiger charge is 2.37. The Labute approximate surface area is 175 Å². The summed E-state index contributed by atoms with van der Waals surface area (Å²) in [6.07, 6.45) is 2.68. The van der Waals surface area contributed by atoms with Crippen LogP contribution in [0, 0.1) is 0 Å². The predicted octanol–water partition coefficient (Wildman–Crippen LogP) is 4.19. The van der Waals surface area contributed by atoms with Crippen LogP contribution in [0.15, 0.2) is 59.8 Å². The summed E-state index contributed by atoms with van der Waals surface area (Å²) in [6, 6.07) is 17.8. The molecule has 0 saturated carbocycles. The molecule has 29 heavy (non-hydrogen) atoms.